The van der Waals surface area contributed by atoms with E-state index in [0.29, 0.717) is 0 Å². The highest BCUT2D eigenvalue weighted by molar-refractivity contribution is 7.13. The van der Waals surface area contributed by atoms with Gasteiger partial charge in [0.05, 0.1) is 12.8 Å². The standard InChI is InChI=1S/C23H34N6OS/c1-3-24-22(25-10-9-19-18-31-23(26-19)29-11-4-5-12-29)28-15-13-27(14-16-28)20-7-6-8-21(17-20)30-2/h6-8,17-18H,3-5,9-16H2,1-2H3,(H,24,25). The van der Waals surface area contributed by atoms with Crippen LogP contribution in [-0.2, 0) is 6.42 Å². The molecule has 0 spiro atoms. The normalized spacial score (nSPS) is 17.4. The van der Waals surface area contributed by atoms with Crippen LogP contribution >= 0.6 is 11.3 Å². The van der Waals surface area contributed by atoms with Crippen molar-refractivity contribution in [2.24, 2.45) is 4.99 Å². The first-order chi connectivity index (χ1) is 15.3. The second kappa shape index (κ2) is 10.7. The predicted octanol–water partition coefficient (Wildman–Crippen LogP) is 3.08. The van der Waals surface area contributed by atoms with Crippen LogP contribution in [0.5, 0.6) is 5.75 Å². The number of anilines is 2. The fourth-order valence-corrected chi connectivity index (χ4v) is 5.06. The maximum absolute atomic E-state index is 5.37. The smallest absolute Gasteiger partial charge is 0.194 e. The summed E-state index contributed by atoms with van der Waals surface area (Å²) in [6.45, 7) is 9.94. The van der Waals surface area contributed by atoms with Gasteiger partial charge in [-0.2, -0.15) is 0 Å². The summed E-state index contributed by atoms with van der Waals surface area (Å²) < 4.78 is 5.37. The molecule has 4 rings (SSSR count). The van der Waals surface area contributed by atoms with Crippen LogP contribution in [0.1, 0.15) is 25.5 Å². The van der Waals surface area contributed by atoms with E-state index in [9.17, 15) is 0 Å². The van der Waals surface area contributed by atoms with E-state index in [2.05, 4.69) is 50.5 Å². The highest BCUT2D eigenvalue weighted by atomic mass is 32.1. The monoisotopic (exact) mass is 442 g/mol. The average Bonchev–Trinajstić information content (AvgIpc) is 3.51. The number of aromatic nitrogens is 1. The third-order valence-electron chi connectivity index (χ3n) is 5.88. The van der Waals surface area contributed by atoms with E-state index in [1.54, 1.807) is 18.4 Å². The van der Waals surface area contributed by atoms with E-state index in [0.717, 1.165) is 76.2 Å². The second-order valence-corrected chi connectivity index (χ2v) is 8.81. The minimum atomic E-state index is 0.765. The van der Waals surface area contributed by atoms with E-state index in [-0.39, 0.29) is 0 Å². The molecule has 0 atom stereocenters. The molecule has 0 aliphatic carbocycles. The molecule has 2 saturated heterocycles. The Hall–Kier alpha value is -2.48. The molecule has 3 heterocycles. The Kier molecular flexibility index (Phi) is 7.51. The summed E-state index contributed by atoms with van der Waals surface area (Å²) >= 11 is 1.77. The minimum absolute atomic E-state index is 0.765. The van der Waals surface area contributed by atoms with Gasteiger partial charge in [0.1, 0.15) is 5.75 Å². The van der Waals surface area contributed by atoms with Gasteiger partial charge in [-0.1, -0.05) is 6.07 Å². The highest BCUT2D eigenvalue weighted by Crippen LogP contribution is 2.25. The molecule has 1 aromatic heterocycles. The number of nitrogens with one attached hydrogen (secondary N) is 1. The van der Waals surface area contributed by atoms with Gasteiger partial charge in [-0.05, 0) is 31.9 Å². The highest BCUT2D eigenvalue weighted by Gasteiger charge is 2.20. The molecular weight excluding hydrogens is 408 g/mol. The maximum Gasteiger partial charge on any atom is 0.194 e. The van der Waals surface area contributed by atoms with Crippen molar-refractivity contribution in [3.05, 3.63) is 35.3 Å². The lowest BCUT2D eigenvalue weighted by atomic mass is 10.2. The minimum Gasteiger partial charge on any atom is -0.497 e. The molecule has 0 unspecified atom stereocenters. The number of hydrogen-bond acceptors (Lipinski definition) is 6. The van der Waals surface area contributed by atoms with Gasteiger partial charge in [-0.3, -0.25) is 4.99 Å². The third kappa shape index (κ3) is 5.61. The second-order valence-electron chi connectivity index (χ2n) is 7.98. The van der Waals surface area contributed by atoms with Crippen LogP contribution in [0.15, 0.2) is 34.6 Å². The molecule has 2 aliphatic heterocycles. The number of nitrogens with zero attached hydrogens (tertiary/aromatic N) is 5. The zero-order valence-corrected chi connectivity index (χ0v) is 19.5. The summed E-state index contributed by atoms with van der Waals surface area (Å²) in [6.07, 6.45) is 3.47. The zero-order valence-electron chi connectivity index (χ0n) is 18.7. The van der Waals surface area contributed by atoms with E-state index in [4.69, 9.17) is 14.7 Å². The molecule has 0 amide bonds. The molecule has 31 heavy (non-hydrogen) atoms. The third-order valence-corrected chi connectivity index (χ3v) is 6.83. The molecule has 2 fully saturated rings. The van der Waals surface area contributed by atoms with E-state index in [1.165, 1.54) is 23.7 Å². The molecule has 0 saturated carbocycles. The van der Waals surface area contributed by atoms with Gasteiger partial charge in [0.25, 0.3) is 0 Å². The lowest BCUT2D eigenvalue weighted by molar-refractivity contribution is 0.372. The summed E-state index contributed by atoms with van der Waals surface area (Å²) in [6, 6.07) is 8.31. The quantitative estimate of drug-likeness (QED) is 0.525. The lowest BCUT2D eigenvalue weighted by Crippen LogP contribution is -2.52. The Balaban J connectivity index is 1.30. The van der Waals surface area contributed by atoms with Crippen molar-refractivity contribution in [1.29, 1.82) is 0 Å². The first kappa shape index (κ1) is 21.7. The van der Waals surface area contributed by atoms with Crippen LogP contribution in [0.4, 0.5) is 10.8 Å². The molecule has 1 N–H and O–H groups in total. The van der Waals surface area contributed by atoms with Crippen LogP contribution in [0.3, 0.4) is 0 Å². The van der Waals surface area contributed by atoms with Crippen molar-refractivity contribution < 1.29 is 4.74 Å². The van der Waals surface area contributed by atoms with Gasteiger partial charge < -0.3 is 24.8 Å². The summed E-state index contributed by atoms with van der Waals surface area (Å²) in [7, 11) is 1.72. The Morgan fingerprint density at radius 3 is 2.68 bits per heavy atom. The fraction of sp³-hybridized carbons (Fsp3) is 0.565. The van der Waals surface area contributed by atoms with Crippen molar-refractivity contribution in [3.8, 4) is 5.75 Å². The van der Waals surface area contributed by atoms with Crippen molar-refractivity contribution in [2.45, 2.75) is 26.2 Å². The number of thiazole rings is 1. The van der Waals surface area contributed by atoms with Crippen molar-refractivity contribution in [2.75, 3.05) is 69.3 Å². The van der Waals surface area contributed by atoms with Gasteiger partial charge in [0, 0.05) is 75.9 Å². The number of rotatable bonds is 7. The van der Waals surface area contributed by atoms with Crippen molar-refractivity contribution in [1.82, 2.24) is 15.2 Å². The van der Waals surface area contributed by atoms with Gasteiger partial charge in [0.15, 0.2) is 11.1 Å². The first-order valence-corrected chi connectivity index (χ1v) is 12.3. The maximum atomic E-state index is 5.37. The number of guanidine groups is 1. The number of methoxy groups -OCH3 is 1. The Morgan fingerprint density at radius 1 is 1.13 bits per heavy atom. The fourth-order valence-electron chi connectivity index (χ4n) is 4.15. The van der Waals surface area contributed by atoms with Crippen LogP contribution < -0.4 is 19.9 Å². The van der Waals surface area contributed by atoms with Crippen molar-refractivity contribution >= 4 is 28.1 Å². The molecule has 2 aromatic rings. The van der Waals surface area contributed by atoms with Gasteiger partial charge in [-0.25, -0.2) is 4.98 Å². The van der Waals surface area contributed by atoms with E-state index < -0.39 is 0 Å². The number of benzene rings is 1. The van der Waals surface area contributed by atoms with Crippen LogP contribution in [0, 0.1) is 0 Å². The Morgan fingerprint density at radius 2 is 1.94 bits per heavy atom. The number of piperazine rings is 1. The Labute approximate surface area is 189 Å². The van der Waals surface area contributed by atoms with Gasteiger partial charge in [0.2, 0.25) is 0 Å². The largest absolute Gasteiger partial charge is 0.497 e. The SMILES string of the molecule is CCNC(=NCCc1csc(N2CCCC2)n1)N1CCN(c2cccc(OC)c2)CC1. The van der Waals surface area contributed by atoms with E-state index >= 15 is 0 Å². The molecule has 0 bridgehead atoms. The van der Waals surface area contributed by atoms with E-state index in [1.807, 2.05) is 6.07 Å². The van der Waals surface area contributed by atoms with Gasteiger partial charge in [-0.15, -0.1) is 11.3 Å². The molecule has 7 nitrogen and oxygen atoms in total. The molecule has 8 heteroatoms. The zero-order chi connectivity index (χ0) is 21.5. The van der Waals surface area contributed by atoms with Crippen LogP contribution in [0.2, 0.25) is 0 Å². The Bertz CT molecular complexity index is 855. The first-order valence-electron chi connectivity index (χ1n) is 11.4. The topological polar surface area (TPSA) is 56.2 Å². The summed E-state index contributed by atoms with van der Waals surface area (Å²) in [4.78, 5) is 16.9. The summed E-state index contributed by atoms with van der Waals surface area (Å²) in [5.74, 6) is 1.92. The molecule has 1 aromatic carbocycles. The molecular formula is C23H34N6OS. The number of ether oxygens (including phenoxy) is 1. The summed E-state index contributed by atoms with van der Waals surface area (Å²) in [5.41, 5.74) is 2.38. The van der Waals surface area contributed by atoms with Gasteiger partial charge >= 0.3 is 0 Å². The summed E-state index contributed by atoms with van der Waals surface area (Å²) in [5, 5.41) is 6.85. The van der Waals surface area contributed by atoms with Crippen LogP contribution in [0.25, 0.3) is 0 Å². The lowest BCUT2D eigenvalue weighted by Gasteiger charge is -2.37. The van der Waals surface area contributed by atoms with Crippen molar-refractivity contribution in [3.63, 3.8) is 0 Å². The molecule has 2 aliphatic rings. The molecule has 0 radical (unpaired) electrons. The molecule has 168 valence electrons. The average molecular weight is 443 g/mol. The predicted molar refractivity (Wildman–Crippen MR) is 130 cm³/mol. The van der Waals surface area contributed by atoms with Crippen LogP contribution in [-0.4, -0.2) is 75.3 Å². The number of hydrogen-bond donors (Lipinski definition) is 1. The number of aliphatic imine (C=N–C) groups is 1.